The van der Waals surface area contributed by atoms with E-state index in [0.29, 0.717) is 16.4 Å². The van der Waals surface area contributed by atoms with E-state index in [-0.39, 0.29) is 18.3 Å². The van der Waals surface area contributed by atoms with Gasteiger partial charge in [-0.25, -0.2) is 9.79 Å². The number of aryl methyl sites for hydroxylation is 2. The number of rotatable bonds is 6. The van der Waals surface area contributed by atoms with Gasteiger partial charge in [0.05, 0.1) is 17.9 Å². The molecule has 0 saturated heterocycles. The summed E-state index contributed by atoms with van der Waals surface area (Å²) < 4.78 is 6.16. The van der Waals surface area contributed by atoms with Crippen LogP contribution >= 0.6 is 27.7 Å². The zero-order valence-electron chi connectivity index (χ0n) is 18.5. The standard InChI is InChI=1S/C24H26BrN3O3S/c1-5-31-23(30)21-16(4)26-24(28-22(21)17-7-6-8-18(25)12-17)32-13-20(29)27-19-10-9-14(2)11-15(19)3/h6-12,22H,5,13H2,1-4H3,(H,26,28)(H,27,29)/t22-/m1/s1. The number of esters is 1. The number of nitrogens with zero attached hydrogens (tertiary/aromatic N) is 1. The molecule has 0 fully saturated rings. The number of benzene rings is 2. The number of ether oxygens (including phenoxy) is 1. The van der Waals surface area contributed by atoms with Crippen LogP contribution in [0, 0.1) is 13.8 Å². The lowest BCUT2D eigenvalue weighted by molar-refractivity contribution is -0.139. The van der Waals surface area contributed by atoms with Gasteiger partial charge in [0.2, 0.25) is 5.91 Å². The first-order valence-corrected chi connectivity index (χ1v) is 12.0. The molecule has 0 aromatic heterocycles. The van der Waals surface area contributed by atoms with Gasteiger partial charge in [-0.05, 0) is 57.0 Å². The van der Waals surface area contributed by atoms with Gasteiger partial charge in [-0.15, -0.1) is 0 Å². The molecule has 2 aromatic rings. The number of allylic oxidation sites excluding steroid dienone is 1. The lowest BCUT2D eigenvalue weighted by Crippen LogP contribution is -2.31. The van der Waals surface area contributed by atoms with Crippen LogP contribution in [0.5, 0.6) is 0 Å². The van der Waals surface area contributed by atoms with Crippen LogP contribution in [0.4, 0.5) is 5.69 Å². The largest absolute Gasteiger partial charge is 0.463 e. The second-order valence-electron chi connectivity index (χ2n) is 7.43. The highest BCUT2D eigenvalue weighted by molar-refractivity contribution is 9.10. The van der Waals surface area contributed by atoms with Crippen molar-refractivity contribution in [1.82, 2.24) is 5.32 Å². The van der Waals surface area contributed by atoms with E-state index in [1.54, 1.807) is 6.92 Å². The van der Waals surface area contributed by atoms with Crippen LogP contribution < -0.4 is 10.6 Å². The van der Waals surface area contributed by atoms with E-state index in [1.807, 2.05) is 63.2 Å². The number of thioether (sulfide) groups is 1. The summed E-state index contributed by atoms with van der Waals surface area (Å²) in [5, 5.41) is 6.69. The van der Waals surface area contributed by atoms with E-state index in [1.165, 1.54) is 11.8 Å². The number of carbonyl (C=O) groups is 2. The summed E-state index contributed by atoms with van der Waals surface area (Å²) in [5.74, 6) is -0.335. The summed E-state index contributed by atoms with van der Waals surface area (Å²) in [7, 11) is 0. The SMILES string of the molecule is CCOC(=O)C1=C(C)NC(SCC(=O)Nc2ccc(C)cc2C)=N[C@@H]1c1cccc(Br)c1. The fourth-order valence-corrected chi connectivity index (χ4v) is 4.55. The molecular formula is C24H26BrN3O3S. The van der Waals surface area contributed by atoms with Gasteiger partial charge in [0.25, 0.3) is 0 Å². The van der Waals surface area contributed by atoms with E-state index in [9.17, 15) is 9.59 Å². The third kappa shape index (κ3) is 6.01. The molecule has 1 atom stereocenters. The number of anilines is 1. The Morgan fingerprint density at radius 2 is 1.97 bits per heavy atom. The van der Waals surface area contributed by atoms with Gasteiger partial charge in [-0.1, -0.05) is 57.5 Å². The molecule has 0 spiro atoms. The van der Waals surface area contributed by atoms with Crippen LogP contribution in [0.3, 0.4) is 0 Å². The molecular weight excluding hydrogens is 490 g/mol. The highest BCUT2D eigenvalue weighted by Crippen LogP contribution is 2.34. The summed E-state index contributed by atoms with van der Waals surface area (Å²) >= 11 is 4.78. The Morgan fingerprint density at radius 1 is 1.19 bits per heavy atom. The number of aliphatic imine (C=N–C) groups is 1. The highest BCUT2D eigenvalue weighted by atomic mass is 79.9. The Hall–Kier alpha value is -2.58. The second kappa shape index (κ2) is 10.8. The van der Waals surface area contributed by atoms with E-state index in [2.05, 4.69) is 26.6 Å². The van der Waals surface area contributed by atoms with Gasteiger partial charge in [0.1, 0.15) is 6.04 Å². The molecule has 0 aliphatic carbocycles. The summed E-state index contributed by atoms with van der Waals surface area (Å²) in [6.07, 6.45) is 0. The first-order valence-electron chi connectivity index (χ1n) is 10.3. The smallest absolute Gasteiger partial charge is 0.338 e. The maximum atomic E-state index is 12.6. The molecule has 1 heterocycles. The maximum Gasteiger partial charge on any atom is 0.338 e. The van der Waals surface area contributed by atoms with Crippen molar-refractivity contribution in [3.8, 4) is 0 Å². The van der Waals surface area contributed by atoms with Crippen molar-refractivity contribution in [2.45, 2.75) is 33.7 Å². The van der Waals surface area contributed by atoms with E-state index < -0.39 is 12.0 Å². The summed E-state index contributed by atoms with van der Waals surface area (Å²) in [4.78, 5) is 29.9. The van der Waals surface area contributed by atoms with Crippen molar-refractivity contribution >= 4 is 50.4 Å². The number of carbonyl (C=O) groups excluding carboxylic acids is 2. The Labute approximate surface area is 201 Å². The highest BCUT2D eigenvalue weighted by Gasteiger charge is 2.30. The quantitative estimate of drug-likeness (QED) is 0.511. The average molecular weight is 516 g/mol. The molecule has 6 nitrogen and oxygen atoms in total. The van der Waals surface area contributed by atoms with Crippen LogP contribution in [0.1, 0.15) is 36.6 Å². The Morgan fingerprint density at radius 3 is 2.66 bits per heavy atom. The Kier molecular flexibility index (Phi) is 8.15. The van der Waals surface area contributed by atoms with Crippen molar-refractivity contribution in [3.63, 3.8) is 0 Å². The Balaban J connectivity index is 1.77. The minimum atomic E-state index is -0.516. The average Bonchev–Trinajstić information content (AvgIpc) is 2.74. The van der Waals surface area contributed by atoms with E-state index in [4.69, 9.17) is 9.73 Å². The van der Waals surface area contributed by atoms with Crippen molar-refractivity contribution < 1.29 is 14.3 Å². The van der Waals surface area contributed by atoms with Crippen LogP contribution in [-0.4, -0.2) is 29.4 Å². The molecule has 3 rings (SSSR count). The fourth-order valence-electron chi connectivity index (χ4n) is 3.39. The molecule has 1 aliphatic heterocycles. The molecule has 2 aromatic carbocycles. The molecule has 0 bridgehead atoms. The van der Waals surface area contributed by atoms with Crippen LogP contribution in [-0.2, 0) is 14.3 Å². The molecule has 1 aliphatic rings. The van der Waals surface area contributed by atoms with Gasteiger partial charge in [-0.3, -0.25) is 4.79 Å². The molecule has 1 amide bonds. The number of halogens is 1. The maximum absolute atomic E-state index is 12.6. The molecule has 0 unspecified atom stereocenters. The predicted molar refractivity (Wildman–Crippen MR) is 134 cm³/mol. The predicted octanol–water partition coefficient (Wildman–Crippen LogP) is 5.28. The monoisotopic (exact) mass is 515 g/mol. The summed E-state index contributed by atoms with van der Waals surface area (Å²) in [5.41, 5.74) is 4.96. The van der Waals surface area contributed by atoms with Gasteiger partial charge < -0.3 is 15.4 Å². The number of hydrogen-bond donors (Lipinski definition) is 2. The number of amides is 1. The zero-order valence-corrected chi connectivity index (χ0v) is 20.9. The van der Waals surface area contributed by atoms with Crippen LogP contribution in [0.25, 0.3) is 0 Å². The molecule has 0 saturated carbocycles. The van der Waals surface area contributed by atoms with Crippen molar-refractivity contribution in [2.75, 3.05) is 17.7 Å². The Bertz CT molecular complexity index is 1100. The topological polar surface area (TPSA) is 79.8 Å². The third-order valence-corrected chi connectivity index (χ3v) is 6.25. The lowest BCUT2D eigenvalue weighted by atomic mass is 9.97. The summed E-state index contributed by atoms with van der Waals surface area (Å²) in [6.45, 7) is 7.86. The van der Waals surface area contributed by atoms with Gasteiger partial charge in [0, 0.05) is 15.9 Å². The minimum Gasteiger partial charge on any atom is -0.463 e. The first kappa shape index (κ1) is 24.1. The van der Waals surface area contributed by atoms with Crippen molar-refractivity contribution in [1.29, 1.82) is 0 Å². The number of hydrogen-bond acceptors (Lipinski definition) is 6. The normalized spacial score (nSPS) is 15.7. The first-order chi connectivity index (χ1) is 15.3. The fraction of sp³-hybridized carbons (Fsp3) is 0.292. The van der Waals surface area contributed by atoms with Crippen molar-refractivity contribution in [2.24, 2.45) is 4.99 Å². The third-order valence-electron chi connectivity index (χ3n) is 4.87. The molecule has 8 heteroatoms. The van der Waals surface area contributed by atoms with Gasteiger partial charge in [0.15, 0.2) is 5.17 Å². The molecule has 0 radical (unpaired) electrons. The van der Waals surface area contributed by atoms with Crippen LogP contribution in [0.2, 0.25) is 0 Å². The van der Waals surface area contributed by atoms with Crippen LogP contribution in [0.15, 0.2) is 63.2 Å². The van der Waals surface area contributed by atoms with Gasteiger partial charge in [-0.2, -0.15) is 0 Å². The summed E-state index contributed by atoms with van der Waals surface area (Å²) in [6, 6.07) is 13.1. The minimum absolute atomic E-state index is 0.122. The van der Waals surface area contributed by atoms with E-state index in [0.717, 1.165) is 26.9 Å². The molecule has 2 N–H and O–H groups in total. The van der Waals surface area contributed by atoms with Crippen molar-refractivity contribution in [3.05, 3.63) is 74.9 Å². The molecule has 32 heavy (non-hydrogen) atoms. The number of amidine groups is 1. The molecule has 168 valence electrons. The zero-order chi connectivity index (χ0) is 23.3. The lowest BCUT2D eigenvalue weighted by Gasteiger charge is -2.26. The van der Waals surface area contributed by atoms with E-state index >= 15 is 0 Å². The van der Waals surface area contributed by atoms with Gasteiger partial charge >= 0.3 is 5.97 Å². The second-order valence-corrected chi connectivity index (χ2v) is 9.31. The number of nitrogens with one attached hydrogen (secondary N) is 2.